The number of piperidine rings is 1. The number of benzene rings is 2. The first-order chi connectivity index (χ1) is 21.7. The number of fused-ring (bicyclic) bond motifs is 1. The third-order valence-electron chi connectivity index (χ3n) is 7.83. The fourth-order valence-corrected chi connectivity index (χ4v) is 5.18. The van der Waals surface area contributed by atoms with E-state index in [2.05, 4.69) is 59.0 Å². The molecule has 1 aliphatic heterocycles. The van der Waals surface area contributed by atoms with E-state index in [1.54, 1.807) is 10.6 Å². The molecule has 1 fully saturated rings. The highest BCUT2D eigenvalue weighted by molar-refractivity contribution is 5.99. The number of rotatable bonds is 13. The molecule has 0 atom stereocenters. The topological polar surface area (TPSA) is 112 Å². The molecular formula is C34H45N9O2. The second kappa shape index (κ2) is 15.0. The van der Waals surface area contributed by atoms with Crippen LogP contribution in [0.4, 0.5) is 17.3 Å². The second-order valence-electron chi connectivity index (χ2n) is 12.2. The standard InChI is InChI=1S/C34H45N9O2/c1-24(2)29-23-37-43-32(29)39-34(45-28-16-19-42(5)20-17-28)40-33(43)36-22-26-9-6-7-10-30(26)35-21-25-12-14-27(15-13-25)38-31(44)11-8-18-41(3)4/h6-15,23-24,28,35H,16-22H2,1-5H3,(H,38,44)(H,36,39,40)/b11-8+. The lowest BCUT2D eigenvalue weighted by atomic mass is 10.1. The van der Waals surface area contributed by atoms with E-state index < -0.39 is 0 Å². The Morgan fingerprint density at radius 1 is 1.04 bits per heavy atom. The number of likely N-dealkylation sites (N-methyl/N-ethyl adjacent to an activating group) is 1. The predicted molar refractivity (Wildman–Crippen MR) is 180 cm³/mol. The SMILES string of the molecule is CC(C)c1cnn2c(NCc3ccccc3NCc3ccc(NC(=O)/C=C/CN(C)C)cc3)nc(OC3CCN(C)CC3)nc12. The number of para-hydroxylation sites is 1. The zero-order valence-electron chi connectivity index (χ0n) is 27.0. The Kier molecular flexibility index (Phi) is 10.6. The van der Waals surface area contributed by atoms with Gasteiger partial charge >= 0.3 is 6.01 Å². The number of nitrogens with one attached hydrogen (secondary N) is 3. The maximum atomic E-state index is 12.2. The van der Waals surface area contributed by atoms with Crippen molar-refractivity contribution in [2.24, 2.45) is 0 Å². The van der Waals surface area contributed by atoms with E-state index in [1.165, 1.54) is 0 Å². The molecular weight excluding hydrogens is 566 g/mol. The molecule has 0 aliphatic carbocycles. The van der Waals surface area contributed by atoms with Gasteiger partial charge in [-0.15, -0.1) is 0 Å². The number of aromatic nitrogens is 4. The van der Waals surface area contributed by atoms with E-state index in [9.17, 15) is 4.79 Å². The van der Waals surface area contributed by atoms with E-state index >= 15 is 0 Å². The van der Waals surface area contributed by atoms with Crippen molar-refractivity contribution in [1.29, 1.82) is 0 Å². The maximum absolute atomic E-state index is 12.2. The van der Waals surface area contributed by atoms with E-state index in [1.807, 2.05) is 67.7 Å². The van der Waals surface area contributed by atoms with Crippen LogP contribution in [0.3, 0.4) is 0 Å². The van der Waals surface area contributed by atoms with E-state index in [0.29, 0.717) is 25.0 Å². The summed E-state index contributed by atoms with van der Waals surface area (Å²) in [5, 5.41) is 14.6. The summed E-state index contributed by atoms with van der Waals surface area (Å²) in [6.07, 6.45) is 7.28. The van der Waals surface area contributed by atoms with Gasteiger partial charge in [-0.25, -0.2) is 0 Å². The van der Waals surface area contributed by atoms with Gasteiger partial charge in [-0.05, 0) is 69.2 Å². The largest absolute Gasteiger partial charge is 0.460 e. The fourth-order valence-electron chi connectivity index (χ4n) is 5.18. The van der Waals surface area contributed by atoms with Crippen molar-refractivity contribution in [3.63, 3.8) is 0 Å². The van der Waals surface area contributed by atoms with Crippen molar-refractivity contribution in [3.05, 3.63) is 83.6 Å². The summed E-state index contributed by atoms with van der Waals surface area (Å²) < 4.78 is 8.07. The molecule has 11 nitrogen and oxygen atoms in total. The lowest BCUT2D eigenvalue weighted by Gasteiger charge is -2.28. The van der Waals surface area contributed by atoms with Gasteiger partial charge in [0, 0.05) is 55.7 Å². The lowest BCUT2D eigenvalue weighted by molar-refractivity contribution is -0.111. The molecule has 2 aromatic heterocycles. The van der Waals surface area contributed by atoms with Gasteiger partial charge < -0.3 is 30.5 Å². The summed E-state index contributed by atoms with van der Waals surface area (Å²) >= 11 is 0. The van der Waals surface area contributed by atoms with Crippen molar-refractivity contribution in [2.45, 2.75) is 51.8 Å². The molecule has 1 amide bonds. The summed E-state index contributed by atoms with van der Waals surface area (Å²) in [5.74, 6) is 0.724. The van der Waals surface area contributed by atoms with E-state index in [0.717, 1.165) is 66.2 Å². The molecule has 3 heterocycles. The van der Waals surface area contributed by atoms with Crippen molar-refractivity contribution >= 4 is 28.9 Å². The fraction of sp³-hybridized carbons (Fsp3) is 0.412. The molecule has 2 aromatic carbocycles. The van der Waals surface area contributed by atoms with Crippen molar-refractivity contribution in [2.75, 3.05) is 56.7 Å². The Bertz CT molecular complexity index is 1590. The number of carbonyl (C=O) groups excluding carboxylic acids is 1. The average molecular weight is 612 g/mol. The molecule has 1 saturated heterocycles. The second-order valence-corrected chi connectivity index (χ2v) is 12.2. The highest BCUT2D eigenvalue weighted by atomic mass is 16.5. The molecule has 4 aromatic rings. The van der Waals surface area contributed by atoms with Crippen LogP contribution in [0.25, 0.3) is 5.65 Å². The van der Waals surface area contributed by atoms with Crippen LogP contribution in [-0.4, -0.2) is 82.2 Å². The van der Waals surface area contributed by atoms with Crippen LogP contribution in [0.2, 0.25) is 0 Å². The van der Waals surface area contributed by atoms with Gasteiger partial charge in [-0.3, -0.25) is 4.79 Å². The first-order valence-electron chi connectivity index (χ1n) is 15.6. The first-order valence-corrected chi connectivity index (χ1v) is 15.6. The van der Waals surface area contributed by atoms with Gasteiger partial charge in [0.25, 0.3) is 0 Å². The number of likely N-dealkylation sites (tertiary alicyclic amines) is 1. The third-order valence-corrected chi connectivity index (χ3v) is 7.83. The molecule has 0 saturated carbocycles. The van der Waals surface area contributed by atoms with Crippen molar-refractivity contribution < 1.29 is 9.53 Å². The summed E-state index contributed by atoms with van der Waals surface area (Å²) in [6.45, 7) is 8.17. The summed E-state index contributed by atoms with van der Waals surface area (Å²) in [4.78, 5) is 26.0. The summed E-state index contributed by atoms with van der Waals surface area (Å²) in [7, 11) is 6.07. The van der Waals surface area contributed by atoms with E-state index in [-0.39, 0.29) is 17.9 Å². The van der Waals surface area contributed by atoms with Crippen LogP contribution in [-0.2, 0) is 17.9 Å². The molecule has 238 valence electrons. The Morgan fingerprint density at radius 3 is 2.53 bits per heavy atom. The summed E-state index contributed by atoms with van der Waals surface area (Å²) in [6, 6.07) is 16.5. The van der Waals surface area contributed by atoms with Crippen LogP contribution < -0.4 is 20.7 Å². The molecule has 0 radical (unpaired) electrons. The first kappa shape index (κ1) is 31.9. The van der Waals surface area contributed by atoms with Gasteiger partial charge in [-0.1, -0.05) is 50.3 Å². The molecule has 0 bridgehead atoms. The number of nitrogens with zero attached hydrogens (tertiary/aromatic N) is 6. The molecule has 0 spiro atoms. The van der Waals surface area contributed by atoms with E-state index in [4.69, 9.17) is 14.7 Å². The zero-order valence-corrected chi connectivity index (χ0v) is 27.0. The van der Waals surface area contributed by atoms with Gasteiger partial charge in [-0.2, -0.15) is 19.6 Å². The van der Waals surface area contributed by atoms with Crippen LogP contribution in [0.15, 0.2) is 66.9 Å². The van der Waals surface area contributed by atoms with Crippen LogP contribution in [0.5, 0.6) is 6.01 Å². The quantitative estimate of drug-likeness (QED) is 0.180. The molecule has 45 heavy (non-hydrogen) atoms. The Hall–Kier alpha value is -4.48. The smallest absolute Gasteiger partial charge is 0.322 e. The number of amides is 1. The Labute approximate surface area is 265 Å². The average Bonchev–Trinajstić information content (AvgIpc) is 3.45. The van der Waals surface area contributed by atoms with Crippen molar-refractivity contribution in [3.8, 4) is 6.01 Å². The van der Waals surface area contributed by atoms with Crippen molar-refractivity contribution in [1.82, 2.24) is 29.4 Å². The molecule has 11 heteroatoms. The number of carbonyl (C=O) groups is 1. The Balaban J connectivity index is 1.24. The molecule has 0 unspecified atom stereocenters. The molecule has 3 N–H and O–H groups in total. The van der Waals surface area contributed by atoms with Gasteiger partial charge in [0.15, 0.2) is 5.65 Å². The highest BCUT2D eigenvalue weighted by Gasteiger charge is 2.22. The monoisotopic (exact) mass is 611 g/mol. The number of hydrogen-bond donors (Lipinski definition) is 3. The lowest BCUT2D eigenvalue weighted by Crippen LogP contribution is -2.36. The molecule has 5 rings (SSSR count). The maximum Gasteiger partial charge on any atom is 0.322 e. The zero-order chi connectivity index (χ0) is 31.8. The van der Waals surface area contributed by atoms with Crippen LogP contribution >= 0.6 is 0 Å². The minimum Gasteiger partial charge on any atom is -0.460 e. The Morgan fingerprint density at radius 2 is 1.80 bits per heavy atom. The van der Waals surface area contributed by atoms with Gasteiger partial charge in [0.2, 0.25) is 11.9 Å². The third kappa shape index (κ3) is 8.80. The summed E-state index contributed by atoms with van der Waals surface area (Å²) in [5.41, 5.74) is 5.79. The number of ether oxygens (including phenoxy) is 1. The normalized spacial score (nSPS) is 14.5. The number of hydrogen-bond acceptors (Lipinski definition) is 9. The minimum atomic E-state index is -0.138. The van der Waals surface area contributed by atoms with Gasteiger partial charge in [0.1, 0.15) is 6.10 Å². The van der Waals surface area contributed by atoms with Crippen LogP contribution in [0.1, 0.15) is 49.3 Å². The predicted octanol–water partition coefficient (Wildman–Crippen LogP) is 5.00. The minimum absolute atomic E-state index is 0.0992. The van der Waals surface area contributed by atoms with Crippen LogP contribution in [0, 0.1) is 0 Å². The number of anilines is 3. The highest BCUT2D eigenvalue weighted by Crippen LogP contribution is 2.25. The van der Waals surface area contributed by atoms with Gasteiger partial charge in [0.05, 0.1) is 6.20 Å². The molecule has 1 aliphatic rings.